The third-order valence-electron chi connectivity index (χ3n) is 3.80. The molecule has 0 radical (unpaired) electrons. The number of aryl methyl sites for hydroxylation is 1. The first-order valence-electron chi connectivity index (χ1n) is 7.99. The molecule has 2 heterocycles. The van der Waals surface area contributed by atoms with Crippen LogP contribution in [0.3, 0.4) is 0 Å². The molecule has 0 saturated heterocycles. The molecule has 0 fully saturated rings. The van der Waals surface area contributed by atoms with E-state index in [-0.39, 0.29) is 5.91 Å². The van der Waals surface area contributed by atoms with Crippen LogP contribution in [0, 0.1) is 6.92 Å². The van der Waals surface area contributed by atoms with Crippen LogP contribution in [-0.2, 0) is 0 Å². The number of nitrogens with one attached hydrogen (secondary N) is 1. The maximum atomic E-state index is 12.5. The molecule has 0 saturated carbocycles. The van der Waals surface area contributed by atoms with E-state index in [4.69, 9.17) is 4.74 Å². The summed E-state index contributed by atoms with van der Waals surface area (Å²) in [5, 5.41) is 10.7. The second kappa shape index (κ2) is 6.64. The summed E-state index contributed by atoms with van der Waals surface area (Å²) in [6, 6.07) is 14.5. The molecule has 0 aliphatic rings. The Balaban J connectivity index is 1.55. The van der Waals surface area contributed by atoms with Crippen molar-refractivity contribution in [1.29, 1.82) is 0 Å². The molecule has 0 aliphatic heterocycles. The molecule has 128 valence electrons. The van der Waals surface area contributed by atoms with Crippen LogP contribution < -0.4 is 10.1 Å². The van der Waals surface area contributed by atoms with E-state index in [9.17, 15) is 4.79 Å². The second-order valence-electron chi connectivity index (χ2n) is 5.74. The number of ether oxygens (including phenoxy) is 1. The number of hydrogen-bond acceptors (Lipinski definition) is 5. The van der Waals surface area contributed by atoms with Gasteiger partial charge in [0.1, 0.15) is 12.1 Å². The maximum Gasteiger partial charge on any atom is 0.265 e. The Hall–Kier alpha value is -3.74. The van der Waals surface area contributed by atoms with E-state index in [1.807, 2.05) is 31.2 Å². The number of benzene rings is 2. The fourth-order valence-corrected chi connectivity index (χ4v) is 2.46. The van der Waals surface area contributed by atoms with Gasteiger partial charge in [-0.2, -0.15) is 0 Å². The molecule has 0 atom stereocenters. The summed E-state index contributed by atoms with van der Waals surface area (Å²) in [5.41, 5.74) is 2.86. The van der Waals surface area contributed by atoms with Crippen molar-refractivity contribution in [2.75, 3.05) is 5.32 Å². The predicted octanol–water partition coefficient (Wildman–Crippen LogP) is 3.48. The fraction of sp³-hybridized carbons (Fsp3) is 0.0526. The zero-order chi connectivity index (χ0) is 17.9. The van der Waals surface area contributed by atoms with E-state index in [0.717, 1.165) is 11.3 Å². The van der Waals surface area contributed by atoms with Gasteiger partial charge >= 0.3 is 0 Å². The molecule has 7 heteroatoms. The number of anilines is 1. The summed E-state index contributed by atoms with van der Waals surface area (Å²) in [6.07, 6.45) is 4.89. The molecule has 0 bridgehead atoms. The van der Waals surface area contributed by atoms with Crippen LogP contribution >= 0.6 is 0 Å². The largest absolute Gasteiger partial charge is 0.436 e. The first kappa shape index (κ1) is 15.8. The lowest BCUT2D eigenvalue weighted by atomic mass is 10.2. The minimum absolute atomic E-state index is 0.215. The van der Waals surface area contributed by atoms with Crippen molar-refractivity contribution in [2.45, 2.75) is 6.92 Å². The van der Waals surface area contributed by atoms with Crippen molar-refractivity contribution in [3.05, 3.63) is 78.4 Å². The number of amides is 1. The van der Waals surface area contributed by atoms with Crippen LogP contribution in [0.25, 0.3) is 5.65 Å². The Bertz CT molecular complexity index is 1070. The molecule has 7 nitrogen and oxygen atoms in total. The van der Waals surface area contributed by atoms with Crippen molar-refractivity contribution in [2.24, 2.45) is 0 Å². The number of fused-ring (bicyclic) bond motifs is 1. The topological polar surface area (TPSA) is 81.4 Å². The minimum Gasteiger partial charge on any atom is -0.436 e. The zero-order valence-corrected chi connectivity index (χ0v) is 14.0. The highest BCUT2D eigenvalue weighted by Gasteiger charge is 2.11. The molecule has 26 heavy (non-hydrogen) atoms. The van der Waals surface area contributed by atoms with E-state index < -0.39 is 0 Å². The Morgan fingerprint density at radius 3 is 2.85 bits per heavy atom. The van der Waals surface area contributed by atoms with Gasteiger partial charge in [0.25, 0.3) is 11.8 Å². The number of carbonyl (C=O) groups is 1. The first-order valence-corrected chi connectivity index (χ1v) is 7.99. The van der Waals surface area contributed by atoms with Gasteiger partial charge in [-0.05, 0) is 37.3 Å². The van der Waals surface area contributed by atoms with E-state index >= 15 is 0 Å². The number of aromatic nitrogens is 4. The number of rotatable bonds is 4. The molecule has 0 spiro atoms. The van der Waals surface area contributed by atoms with Crippen molar-refractivity contribution in [1.82, 2.24) is 19.6 Å². The van der Waals surface area contributed by atoms with Gasteiger partial charge in [0, 0.05) is 23.6 Å². The number of hydrogen-bond donors (Lipinski definition) is 1. The lowest BCUT2D eigenvalue weighted by Crippen LogP contribution is -2.11. The molecule has 2 aromatic carbocycles. The Morgan fingerprint density at radius 1 is 1.15 bits per heavy atom. The highest BCUT2D eigenvalue weighted by Crippen LogP contribution is 2.23. The first-order chi connectivity index (χ1) is 12.7. The number of nitrogens with zero attached hydrogens (tertiary/aromatic N) is 4. The Kier molecular flexibility index (Phi) is 4.03. The highest BCUT2D eigenvalue weighted by atomic mass is 16.5. The third kappa shape index (κ3) is 3.23. The molecule has 4 aromatic rings. The van der Waals surface area contributed by atoms with Crippen LogP contribution in [0.4, 0.5) is 5.69 Å². The molecule has 0 unspecified atom stereocenters. The van der Waals surface area contributed by atoms with Gasteiger partial charge in [-0.1, -0.05) is 23.8 Å². The molecule has 0 aliphatic carbocycles. The maximum absolute atomic E-state index is 12.5. The molecule has 1 N–H and O–H groups in total. The average Bonchev–Trinajstić information content (AvgIpc) is 3.14. The zero-order valence-electron chi connectivity index (χ0n) is 14.0. The lowest BCUT2D eigenvalue weighted by molar-refractivity contribution is 0.102. The normalized spacial score (nSPS) is 10.7. The van der Waals surface area contributed by atoms with Gasteiger partial charge in [0.2, 0.25) is 5.65 Å². The quantitative estimate of drug-likeness (QED) is 0.612. The van der Waals surface area contributed by atoms with Crippen LogP contribution in [0.15, 0.2) is 67.3 Å². The van der Waals surface area contributed by atoms with Gasteiger partial charge < -0.3 is 10.1 Å². The molecular weight excluding hydrogens is 330 g/mol. The summed E-state index contributed by atoms with van der Waals surface area (Å²) in [6.45, 7) is 2.00. The van der Waals surface area contributed by atoms with Crippen LogP contribution in [0.1, 0.15) is 15.9 Å². The Labute approximate surface area is 149 Å². The molecule has 1 amide bonds. The predicted molar refractivity (Wildman–Crippen MR) is 96.4 cm³/mol. The monoisotopic (exact) mass is 345 g/mol. The summed E-state index contributed by atoms with van der Waals surface area (Å²) in [4.78, 5) is 16.6. The van der Waals surface area contributed by atoms with Gasteiger partial charge in [0.05, 0.1) is 0 Å². The van der Waals surface area contributed by atoms with E-state index in [0.29, 0.717) is 22.8 Å². The molecular formula is C19H15N5O2. The van der Waals surface area contributed by atoms with Crippen molar-refractivity contribution < 1.29 is 9.53 Å². The summed E-state index contributed by atoms with van der Waals surface area (Å²) in [5.74, 6) is 0.596. The number of carbonyl (C=O) groups excluding carboxylic acids is 1. The van der Waals surface area contributed by atoms with Gasteiger partial charge in [-0.15, -0.1) is 10.2 Å². The minimum atomic E-state index is -0.215. The van der Waals surface area contributed by atoms with Crippen LogP contribution in [-0.4, -0.2) is 25.5 Å². The average molecular weight is 345 g/mol. The van der Waals surface area contributed by atoms with Crippen molar-refractivity contribution in [3.8, 4) is 11.6 Å². The smallest absolute Gasteiger partial charge is 0.265 e. The summed E-state index contributed by atoms with van der Waals surface area (Å²) < 4.78 is 7.50. The van der Waals surface area contributed by atoms with Crippen molar-refractivity contribution >= 4 is 17.2 Å². The van der Waals surface area contributed by atoms with Crippen LogP contribution in [0.2, 0.25) is 0 Å². The second-order valence-corrected chi connectivity index (χ2v) is 5.74. The standard InChI is InChI=1S/C19H15N5O2/c1-13-5-7-15(8-6-13)22-18(25)14-3-2-4-16(11-14)26-19-17-23-21-12-24(17)10-9-20-19/h2-12H,1H3,(H,22,25). The third-order valence-corrected chi connectivity index (χ3v) is 3.80. The van der Waals surface area contributed by atoms with Gasteiger partial charge in [-0.25, -0.2) is 4.98 Å². The van der Waals surface area contributed by atoms with Gasteiger partial charge in [-0.3, -0.25) is 9.20 Å². The van der Waals surface area contributed by atoms with Crippen molar-refractivity contribution in [3.63, 3.8) is 0 Å². The van der Waals surface area contributed by atoms with E-state index in [2.05, 4.69) is 20.5 Å². The Morgan fingerprint density at radius 2 is 2.00 bits per heavy atom. The fourth-order valence-electron chi connectivity index (χ4n) is 2.46. The lowest BCUT2D eigenvalue weighted by Gasteiger charge is -2.08. The SMILES string of the molecule is Cc1ccc(NC(=O)c2cccc(Oc3nccn4cnnc34)c2)cc1. The van der Waals surface area contributed by atoms with E-state index in [1.54, 1.807) is 47.4 Å². The van der Waals surface area contributed by atoms with Crippen LogP contribution in [0.5, 0.6) is 11.6 Å². The molecule has 4 rings (SSSR count). The van der Waals surface area contributed by atoms with E-state index in [1.165, 1.54) is 0 Å². The highest BCUT2D eigenvalue weighted by molar-refractivity contribution is 6.04. The molecule has 2 aromatic heterocycles. The van der Waals surface area contributed by atoms with Gasteiger partial charge in [0.15, 0.2) is 0 Å². The summed E-state index contributed by atoms with van der Waals surface area (Å²) in [7, 11) is 0. The summed E-state index contributed by atoms with van der Waals surface area (Å²) >= 11 is 0.